The number of para-hydroxylation sites is 2. The summed E-state index contributed by atoms with van der Waals surface area (Å²) in [5, 5.41) is 6.73. The largest absolute Gasteiger partial charge is 0.457 e. The van der Waals surface area contributed by atoms with Crippen LogP contribution in [-0.4, -0.2) is 17.6 Å². The maximum absolute atomic E-state index is 12.9. The van der Waals surface area contributed by atoms with E-state index < -0.39 is 0 Å². The van der Waals surface area contributed by atoms with E-state index in [0.717, 1.165) is 41.0 Å². The molecule has 0 radical (unpaired) electrons. The Bertz CT molecular complexity index is 829. The van der Waals surface area contributed by atoms with Crippen molar-refractivity contribution in [2.75, 3.05) is 6.54 Å². The summed E-state index contributed by atoms with van der Waals surface area (Å²) in [5.41, 5.74) is 2.84. The van der Waals surface area contributed by atoms with Gasteiger partial charge in [-0.25, -0.2) is 0 Å². The van der Waals surface area contributed by atoms with Gasteiger partial charge in [0.25, 0.3) is 0 Å². The Hall–Kier alpha value is -3.08. The molecular formula is C20H18N2O3. The van der Waals surface area contributed by atoms with Gasteiger partial charge < -0.3 is 14.6 Å². The first-order chi connectivity index (χ1) is 12.3. The van der Waals surface area contributed by atoms with Gasteiger partial charge in [0.2, 0.25) is 5.91 Å². The first-order valence-electron chi connectivity index (χ1n) is 8.34. The maximum atomic E-state index is 12.9. The predicted molar refractivity (Wildman–Crippen MR) is 92.6 cm³/mol. The molecule has 0 unspecified atom stereocenters. The van der Waals surface area contributed by atoms with E-state index in [1.165, 1.54) is 0 Å². The second-order valence-electron chi connectivity index (χ2n) is 6.04. The molecular weight excluding hydrogens is 316 g/mol. The molecule has 0 saturated carbocycles. The molecule has 0 bridgehead atoms. The number of fused-ring (bicyclic) bond motifs is 2. The molecule has 0 fully saturated rings. The number of hydrogen-bond donors (Lipinski definition) is 1. The standard InChI is InChI=1S/C20H18N2O3/c23-20(21-11-5-6-14-12-22-24-13-14)19-15-7-1-3-9-17(15)25-18-10-4-2-8-16(18)19/h1-4,7-10,12-13,19H,5-6,11H2,(H,21,23). The van der Waals surface area contributed by atoms with E-state index in [9.17, 15) is 4.79 Å². The molecule has 1 N–H and O–H groups in total. The minimum Gasteiger partial charge on any atom is -0.457 e. The average Bonchev–Trinajstić information content (AvgIpc) is 3.16. The van der Waals surface area contributed by atoms with E-state index in [-0.39, 0.29) is 11.8 Å². The normalized spacial score (nSPS) is 12.8. The van der Waals surface area contributed by atoms with Crippen molar-refractivity contribution in [2.45, 2.75) is 18.8 Å². The van der Waals surface area contributed by atoms with Crippen LogP contribution in [0, 0.1) is 0 Å². The Kier molecular flexibility index (Phi) is 4.21. The van der Waals surface area contributed by atoms with Gasteiger partial charge in [-0.2, -0.15) is 0 Å². The van der Waals surface area contributed by atoms with Gasteiger partial charge in [-0.05, 0) is 25.0 Å². The van der Waals surface area contributed by atoms with Crippen LogP contribution in [0.2, 0.25) is 0 Å². The molecule has 1 aliphatic rings. The number of nitrogens with one attached hydrogen (secondary N) is 1. The van der Waals surface area contributed by atoms with Gasteiger partial charge in [-0.3, -0.25) is 4.79 Å². The topological polar surface area (TPSA) is 64.4 Å². The third-order valence-corrected chi connectivity index (χ3v) is 4.37. The smallest absolute Gasteiger partial charge is 0.232 e. The Balaban J connectivity index is 1.50. The van der Waals surface area contributed by atoms with Crippen molar-refractivity contribution < 1.29 is 14.1 Å². The molecule has 5 heteroatoms. The summed E-state index contributed by atoms with van der Waals surface area (Å²) < 4.78 is 10.7. The minimum absolute atomic E-state index is 0.00600. The van der Waals surface area contributed by atoms with Gasteiger partial charge in [0.15, 0.2) is 0 Å². The lowest BCUT2D eigenvalue weighted by atomic mass is 9.87. The molecule has 0 saturated heterocycles. The number of carbonyl (C=O) groups excluding carboxylic acids is 1. The first-order valence-corrected chi connectivity index (χ1v) is 8.34. The van der Waals surface area contributed by atoms with Crippen LogP contribution in [0.25, 0.3) is 0 Å². The molecule has 5 nitrogen and oxygen atoms in total. The Morgan fingerprint density at radius 1 is 1.04 bits per heavy atom. The highest BCUT2D eigenvalue weighted by atomic mass is 16.5. The molecule has 2 heterocycles. The molecule has 1 aromatic heterocycles. The average molecular weight is 334 g/mol. The Morgan fingerprint density at radius 2 is 1.72 bits per heavy atom. The van der Waals surface area contributed by atoms with Gasteiger partial charge in [0, 0.05) is 23.2 Å². The molecule has 3 aromatic rings. The number of rotatable bonds is 5. The number of amides is 1. The number of benzene rings is 2. The summed E-state index contributed by atoms with van der Waals surface area (Å²) in [7, 11) is 0. The van der Waals surface area contributed by atoms with Crippen LogP contribution in [0.4, 0.5) is 0 Å². The molecule has 0 aliphatic carbocycles. The van der Waals surface area contributed by atoms with Crippen LogP contribution in [0.15, 0.2) is 65.5 Å². The number of aromatic nitrogens is 1. The monoisotopic (exact) mass is 334 g/mol. The summed E-state index contributed by atoms with van der Waals surface area (Å²) in [6, 6.07) is 15.4. The summed E-state index contributed by atoms with van der Waals surface area (Å²) in [5.74, 6) is 1.13. The van der Waals surface area contributed by atoms with Crippen molar-refractivity contribution >= 4 is 5.91 Å². The molecule has 2 aromatic carbocycles. The van der Waals surface area contributed by atoms with E-state index >= 15 is 0 Å². The van der Waals surface area contributed by atoms with E-state index in [2.05, 4.69) is 10.5 Å². The van der Waals surface area contributed by atoms with Crippen molar-refractivity contribution in [2.24, 2.45) is 0 Å². The van der Waals surface area contributed by atoms with E-state index in [1.807, 2.05) is 48.5 Å². The molecule has 0 spiro atoms. The van der Waals surface area contributed by atoms with E-state index in [0.29, 0.717) is 6.54 Å². The SMILES string of the molecule is O=C(NCCCc1cnoc1)C1c2ccccc2Oc2ccccc21. The fourth-order valence-corrected chi connectivity index (χ4v) is 3.15. The lowest BCUT2D eigenvalue weighted by Gasteiger charge is -2.27. The first kappa shape index (κ1) is 15.4. The summed E-state index contributed by atoms with van der Waals surface area (Å²) in [6.45, 7) is 0.603. The van der Waals surface area contributed by atoms with Crippen molar-refractivity contribution in [1.82, 2.24) is 10.5 Å². The summed E-state index contributed by atoms with van der Waals surface area (Å²) >= 11 is 0. The van der Waals surface area contributed by atoms with Gasteiger partial charge in [0.05, 0.1) is 12.1 Å². The van der Waals surface area contributed by atoms with Gasteiger partial charge in [0.1, 0.15) is 17.8 Å². The fraction of sp³-hybridized carbons (Fsp3) is 0.200. The maximum Gasteiger partial charge on any atom is 0.232 e. The van der Waals surface area contributed by atoms with Crippen molar-refractivity contribution in [1.29, 1.82) is 0 Å². The number of nitrogens with zero attached hydrogens (tertiary/aromatic N) is 1. The number of carbonyl (C=O) groups is 1. The highest BCUT2D eigenvalue weighted by molar-refractivity contribution is 5.89. The van der Waals surface area contributed by atoms with Gasteiger partial charge in [-0.1, -0.05) is 41.6 Å². The fourth-order valence-electron chi connectivity index (χ4n) is 3.15. The highest BCUT2D eigenvalue weighted by Crippen LogP contribution is 2.43. The molecule has 0 atom stereocenters. The van der Waals surface area contributed by atoms with E-state index in [4.69, 9.17) is 9.26 Å². The van der Waals surface area contributed by atoms with E-state index in [1.54, 1.807) is 12.5 Å². The minimum atomic E-state index is -0.350. The lowest BCUT2D eigenvalue weighted by molar-refractivity contribution is -0.121. The third-order valence-electron chi connectivity index (χ3n) is 4.37. The number of aryl methyl sites for hydroxylation is 1. The van der Waals surface area contributed by atoms with Crippen LogP contribution in [0.5, 0.6) is 11.5 Å². The van der Waals surface area contributed by atoms with Crippen LogP contribution in [0.3, 0.4) is 0 Å². The van der Waals surface area contributed by atoms with Gasteiger partial charge >= 0.3 is 0 Å². The van der Waals surface area contributed by atoms with Crippen LogP contribution < -0.4 is 10.1 Å². The van der Waals surface area contributed by atoms with Crippen molar-refractivity contribution in [3.63, 3.8) is 0 Å². The van der Waals surface area contributed by atoms with Crippen LogP contribution in [0.1, 0.15) is 29.0 Å². The second-order valence-corrected chi connectivity index (χ2v) is 6.04. The third kappa shape index (κ3) is 3.13. The molecule has 126 valence electrons. The molecule has 4 rings (SSSR count). The van der Waals surface area contributed by atoms with Crippen molar-refractivity contribution in [3.8, 4) is 11.5 Å². The van der Waals surface area contributed by atoms with Crippen LogP contribution >= 0.6 is 0 Å². The zero-order valence-corrected chi connectivity index (χ0v) is 13.6. The zero-order chi connectivity index (χ0) is 17.1. The summed E-state index contributed by atoms with van der Waals surface area (Å²) in [6.07, 6.45) is 4.99. The predicted octanol–water partition coefficient (Wildman–Crippen LogP) is 3.66. The Labute approximate surface area is 145 Å². The zero-order valence-electron chi connectivity index (χ0n) is 13.6. The Morgan fingerprint density at radius 3 is 2.36 bits per heavy atom. The highest BCUT2D eigenvalue weighted by Gasteiger charge is 2.31. The quantitative estimate of drug-likeness (QED) is 0.723. The van der Waals surface area contributed by atoms with Gasteiger partial charge in [-0.15, -0.1) is 0 Å². The molecule has 1 amide bonds. The lowest BCUT2D eigenvalue weighted by Crippen LogP contribution is -2.32. The number of hydrogen-bond acceptors (Lipinski definition) is 4. The molecule has 25 heavy (non-hydrogen) atoms. The van der Waals surface area contributed by atoms with Crippen molar-refractivity contribution in [3.05, 3.63) is 77.7 Å². The second kappa shape index (κ2) is 6.81. The molecule has 1 aliphatic heterocycles. The van der Waals surface area contributed by atoms with Crippen LogP contribution in [-0.2, 0) is 11.2 Å². The summed E-state index contributed by atoms with van der Waals surface area (Å²) in [4.78, 5) is 12.9. The number of ether oxygens (including phenoxy) is 1.